The second-order valence-electron chi connectivity index (χ2n) is 5.86. The molecule has 0 unspecified atom stereocenters. The van der Waals surface area contributed by atoms with E-state index in [1.807, 2.05) is 0 Å². The van der Waals surface area contributed by atoms with E-state index >= 15 is 0 Å². The minimum Gasteiger partial charge on any atom is -0.443 e. The van der Waals surface area contributed by atoms with Gasteiger partial charge in [-0.1, -0.05) is 30.3 Å². The summed E-state index contributed by atoms with van der Waals surface area (Å²) in [5.41, 5.74) is -4.18. The highest BCUT2D eigenvalue weighted by atomic mass is 19.4. The smallest absolute Gasteiger partial charge is 0.434 e. The van der Waals surface area contributed by atoms with Crippen molar-refractivity contribution in [2.75, 3.05) is 0 Å². The van der Waals surface area contributed by atoms with Gasteiger partial charge in [0.15, 0.2) is 0 Å². The van der Waals surface area contributed by atoms with Crippen LogP contribution < -0.4 is 0 Å². The summed E-state index contributed by atoms with van der Waals surface area (Å²) >= 11 is 0. The number of hydrogen-bond acceptors (Lipinski definition) is 3. The SMILES string of the molecule is CC(=NC(=O)OCc1ccccc1)C(=O)c1cc(C(F)(F)F)cc(C(F)(F)F)c1. The van der Waals surface area contributed by atoms with Crippen LogP contribution in [0.5, 0.6) is 0 Å². The fraction of sp³-hybridized carbons (Fsp3) is 0.211. The highest BCUT2D eigenvalue weighted by Crippen LogP contribution is 2.36. The van der Waals surface area contributed by atoms with Crippen LogP contribution in [0.15, 0.2) is 53.5 Å². The van der Waals surface area contributed by atoms with E-state index in [1.165, 1.54) is 0 Å². The molecule has 0 spiro atoms. The van der Waals surface area contributed by atoms with Crippen LogP contribution in [0, 0.1) is 0 Å². The van der Waals surface area contributed by atoms with E-state index < -0.39 is 46.6 Å². The van der Waals surface area contributed by atoms with Crippen molar-refractivity contribution < 1.29 is 40.7 Å². The van der Waals surface area contributed by atoms with Gasteiger partial charge in [-0.25, -0.2) is 4.79 Å². The van der Waals surface area contributed by atoms with Crippen LogP contribution in [0.4, 0.5) is 31.1 Å². The first-order valence-electron chi connectivity index (χ1n) is 7.98. The Morgan fingerprint density at radius 1 is 0.897 bits per heavy atom. The van der Waals surface area contributed by atoms with Gasteiger partial charge in [0.05, 0.1) is 16.8 Å². The Labute approximate surface area is 160 Å². The molecule has 0 aliphatic heterocycles. The zero-order valence-electron chi connectivity index (χ0n) is 14.8. The number of Topliss-reactive ketones (excluding diaryl/α,β-unsaturated/α-hetero) is 1. The predicted molar refractivity (Wildman–Crippen MR) is 90.5 cm³/mol. The molecule has 0 heterocycles. The van der Waals surface area contributed by atoms with Gasteiger partial charge in [0.2, 0.25) is 5.78 Å². The summed E-state index contributed by atoms with van der Waals surface area (Å²) in [6.45, 7) is 0.812. The Balaban J connectivity index is 2.25. The minimum absolute atomic E-state index is 0.0998. The summed E-state index contributed by atoms with van der Waals surface area (Å²) in [4.78, 5) is 27.2. The number of carbonyl (C=O) groups is 2. The first kappa shape index (κ1) is 22.1. The van der Waals surface area contributed by atoms with Crippen LogP contribution in [-0.2, 0) is 23.7 Å². The van der Waals surface area contributed by atoms with Gasteiger partial charge in [-0.15, -0.1) is 0 Å². The van der Waals surface area contributed by atoms with Gasteiger partial charge in [-0.3, -0.25) is 4.79 Å². The molecule has 2 aromatic carbocycles. The molecular weight excluding hydrogens is 404 g/mol. The third-order valence-electron chi connectivity index (χ3n) is 3.64. The summed E-state index contributed by atoms with van der Waals surface area (Å²) in [5, 5.41) is 0. The minimum atomic E-state index is -5.10. The number of ether oxygens (including phenoxy) is 1. The monoisotopic (exact) mass is 417 g/mol. The van der Waals surface area contributed by atoms with Crippen molar-refractivity contribution in [3.05, 3.63) is 70.8 Å². The molecule has 0 saturated carbocycles. The molecule has 0 aliphatic rings. The lowest BCUT2D eigenvalue weighted by Gasteiger charge is -2.13. The first-order valence-corrected chi connectivity index (χ1v) is 7.98. The summed E-state index contributed by atoms with van der Waals surface area (Å²) in [5.74, 6) is -1.27. The van der Waals surface area contributed by atoms with Crippen molar-refractivity contribution in [1.82, 2.24) is 0 Å². The van der Waals surface area contributed by atoms with Crippen LogP contribution in [0.3, 0.4) is 0 Å². The van der Waals surface area contributed by atoms with Crippen molar-refractivity contribution in [3.63, 3.8) is 0 Å². The number of carbonyl (C=O) groups excluding carboxylic acids is 2. The Hall–Kier alpha value is -3.17. The fourth-order valence-electron chi connectivity index (χ4n) is 2.23. The van der Waals surface area contributed by atoms with E-state index in [1.54, 1.807) is 30.3 Å². The number of ketones is 1. The number of amides is 1. The molecule has 0 radical (unpaired) electrons. The number of nitrogens with zero attached hydrogens (tertiary/aromatic N) is 1. The molecular formula is C19H13F6NO3. The molecule has 29 heavy (non-hydrogen) atoms. The summed E-state index contributed by atoms with van der Waals surface area (Å²) in [6, 6.07) is 8.85. The fourth-order valence-corrected chi connectivity index (χ4v) is 2.23. The van der Waals surface area contributed by atoms with E-state index in [-0.39, 0.29) is 24.8 Å². The zero-order chi connectivity index (χ0) is 21.8. The third-order valence-corrected chi connectivity index (χ3v) is 3.64. The van der Waals surface area contributed by atoms with Gasteiger partial charge in [-0.2, -0.15) is 31.3 Å². The molecule has 2 aromatic rings. The molecule has 0 atom stereocenters. The molecule has 0 aromatic heterocycles. The maximum atomic E-state index is 12.9. The quantitative estimate of drug-likeness (QED) is 0.364. The van der Waals surface area contributed by atoms with E-state index in [4.69, 9.17) is 4.74 Å². The van der Waals surface area contributed by atoms with Gasteiger partial charge >= 0.3 is 18.4 Å². The Morgan fingerprint density at radius 2 is 1.41 bits per heavy atom. The van der Waals surface area contributed by atoms with E-state index in [2.05, 4.69) is 4.99 Å². The number of alkyl halides is 6. The van der Waals surface area contributed by atoms with Crippen LogP contribution in [0.1, 0.15) is 34.0 Å². The van der Waals surface area contributed by atoms with Gasteiger partial charge in [0.25, 0.3) is 0 Å². The predicted octanol–water partition coefficient (Wildman–Crippen LogP) is 5.70. The van der Waals surface area contributed by atoms with Crippen LogP contribution in [0.25, 0.3) is 0 Å². The van der Waals surface area contributed by atoms with Gasteiger partial charge in [-0.05, 0) is 30.7 Å². The van der Waals surface area contributed by atoms with Gasteiger partial charge in [0.1, 0.15) is 6.61 Å². The van der Waals surface area contributed by atoms with E-state index in [0.29, 0.717) is 5.56 Å². The summed E-state index contributed by atoms with van der Waals surface area (Å²) in [6.07, 6.45) is -11.4. The number of aliphatic imine (C=N–C) groups is 1. The molecule has 0 saturated heterocycles. The highest BCUT2D eigenvalue weighted by Gasteiger charge is 2.37. The van der Waals surface area contributed by atoms with Crippen LogP contribution in [0.2, 0.25) is 0 Å². The normalized spacial score (nSPS) is 12.6. The maximum absolute atomic E-state index is 12.9. The Bertz CT molecular complexity index is 901. The van der Waals surface area contributed by atoms with Crippen LogP contribution >= 0.6 is 0 Å². The number of benzene rings is 2. The molecule has 0 bridgehead atoms. The lowest BCUT2D eigenvalue weighted by atomic mass is 10.00. The standard InChI is InChI=1S/C19H13F6NO3/c1-11(26-17(28)29-10-12-5-3-2-4-6-12)16(27)13-7-14(18(20,21)22)9-15(8-13)19(23,24)25/h2-9H,10H2,1H3. The van der Waals surface area contributed by atoms with Crippen LogP contribution in [-0.4, -0.2) is 17.6 Å². The maximum Gasteiger partial charge on any atom is 0.434 e. The molecule has 0 aliphatic carbocycles. The lowest BCUT2D eigenvalue weighted by molar-refractivity contribution is -0.143. The average Bonchev–Trinajstić information content (AvgIpc) is 2.64. The summed E-state index contributed by atoms with van der Waals surface area (Å²) in [7, 11) is 0. The molecule has 0 N–H and O–H groups in total. The topological polar surface area (TPSA) is 55.7 Å². The van der Waals surface area contributed by atoms with Crippen molar-refractivity contribution in [3.8, 4) is 0 Å². The van der Waals surface area contributed by atoms with E-state index in [0.717, 1.165) is 6.92 Å². The largest absolute Gasteiger partial charge is 0.443 e. The summed E-state index contributed by atoms with van der Waals surface area (Å²) < 4.78 is 82.1. The van der Waals surface area contributed by atoms with Crippen molar-refractivity contribution in [2.24, 2.45) is 4.99 Å². The molecule has 0 fully saturated rings. The van der Waals surface area contributed by atoms with E-state index in [9.17, 15) is 35.9 Å². The Kier molecular flexibility index (Phi) is 6.45. The zero-order valence-corrected chi connectivity index (χ0v) is 14.8. The highest BCUT2D eigenvalue weighted by molar-refractivity contribution is 6.46. The average molecular weight is 417 g/mol. The molecule has 2 rings (SSSR count). The molecule has 4 nitrogen and oxygen atoms in total. The van der Waals surface area contributed by atoms with Gasteiger partial charge in [0, 0.05) is 5.56 Å². The number of halogens is 6. The third kappa shape index (κ3) is 6.16. The molecule has 10 heteroatoms. The second kappa shape index (κ2) is 8.46. The Morgan fingerprint density at radius 3 is 1.90 bits per heavy atom. The lowest BCUT2D eigenvalue weighted by Crippen LogP contribution is -2.17. The molecule has 1 amide bonds. The first-order chi connectivity index (χ1) is 13.4. The van der Waals surface area contributed by atoms with Crippen molar-refractivity contribution in [1.29, 1.82) is 0 Å². The number of hydrogen-bond donors (Lipinski definition) is 0. The number of rotatable bonds is 4. The van der Waals surface area contributed by atoms with Crippen molar-refractivity contribution >= 4 is 17.6 Å². The second-order valence-corrected chi connectivity index (χ2v) is 5.86. The molecule has 154 valence electrons. The van der Waals surface area contributed by atoms with Crippen molar-refractivity contribution in [2.45, 2.75) is 25.9 Å². The van der Waals surface area contributed by atoms with Gasteiger partial charge < -0.3 is 4.74 Å².